The Morgan fingerprint density at radius 3 is 2.30 bits per heavy atom. The highest BCUT2D eigenvalue weighted by molar-refractivity contribution is 6.21. The number of aliphatic imine (C=N–C) groups is 1. The Balaban J connectivity index is 1.66. The minimum Gasteiger partial charge on any atom is -0.494 e. The number of nitrogens with one attached hydrogen (secondary N) is 1. The molecule has 37 heavy (non-hydrogen) atoms. The van der Waals surface area contributed by atoms with E-state index < -0.39 is 5.82 Å². The summed E-state index contributed by atoms with van der Waals surface area (Å²) in [5, 5.41) is 29.7. The zero-order valence-corrected chi connectivity index (χ0v) is 20.4. The molecule has 0 bridgehead atoms. The normalized spacial score (nSPS) is 11.9. The lowest BCUT2D eigenvalue weighted by Gasteiger charge is -2.24. The summed E-state index contributed by atoms with van der Waals surface area (Å²) in [7, 11) is 1.66. The number of amides is 1. The highest BCUT2D eigenvalue weighted by atomic mass is 19.1. The van der Waals surface area contributed by atoms with Gasteiger partial charge in [0.2, 0.25) is 5.91 Å². The summed E-state index contributed by atoms with van der Waals surface area (Å²) in [6, 6.07) is 20.7. The van der Waals surface area contributed by atoms with Gasteiger partial charge in [0.05, 0.1) is 42.2 Å². The van der Waals surface area contributed by atoms with Crippen molar-refractivity contribution in [3.05, 3.63) is 89.7 Å². The molecule has 4 N–H and O–H groups in total. The van der Waals surface area contributed by atoms with Crippen molar-refractivity contribution in [3.8, 4) is 5.88 Å². The molecule has 0 aliphatic carbocycles. The van der Waals surface area contributed by atoms with Gasteiger partial charge in [0.1, 0.15) is 5.82 Å². The summed E-state index contributed by atoms with van der Waals surface area (Å²) in [5.41, 5.74) is 3.46. The van der Waals surface area contributed by atoms with Crippen molar-refractivity contribution in [1.82, 2.24) is 9.88 Å². The van der Waals surface area contributed by atoms with Gasteiger partial charge in [0, 0.05) is 36.8 Å². The largest absolute Gasteiger partial charge is 0.494 e. The Morgan fingerprint density at radius 1 is 0.973 bits per heavy atom. The molecule has 1 amide bonds. The Hall–Kier alpha value is -4.05. The molecule has 1 heterocycles. The summed E-state index contributed by atoms with van der Waals surface area (Å²) in [4.78, 5) is 23.6. The van der Waals surface area contributed by atoms with Gasteiger partial charge >= 0.3 is 0 Å². The summed E-state index contributed by atoms with van der Waals surface area (Å²) < 4.78 is 13.8. The second kappa shape index (κ2) is 11.8. The van der Waals surface area contributed by atoms with Gasteiger partial charge in [-0.2, -0.15) is 0 Å². The molecule has 0 fully saturated rings. The van der Waals surface area contributed by atoms with E-state index in [1.165, 1.54) is 17.0 Å². The number of hydrogen-bond acceptors (Lipinski definition) is 6. The number of aromatic amines is 1. The molecule has 0 aliphatic rings. The number of carbonyl (C=O) groups is 1. The fourth-order valence-electron chi connectivity index (χ4n) is 4.13. The first-order chi connectivity index (χ1) is 17.9. The SMILES string of the molecule is CN(C(=O)CN(CCO)CCO)c1ccc(N=C(c2ccccc2)c2c(O)[nH]c3cc(F)ccc23)cc1. The Bertz CT molecular complexity index is 1380. The molecule has 9 heteroatoms. The van der Waals surface area contributed by atoms with Gasteiger partial charge in [0.25, 0.3) is 0 Å². The monoisotopic (exact) mass is 504 g/mol. The maximum absolute atomic E-state index is 13.8. The molecule has 3 aromatic carbocycles. The number of fused-ring (bicyclic) bond motifs is 1. The number of hydrogen-bond donors (Lipinski definition) is 4. The van der Waals surface area contributed by atoms with Gasteiger partial charge in [0.15, 0.2) is 5.88 Å². The third-order valence-electron chi connectivity index (χ3n) is 6.07. The first kappa shape index (κ1) is 26.0. The van der Waals surface area contributed by atoms with E-state index in [-0.39, 0.29) is 31.5 Å². The molecular formula is C28H29FN4O4. The van der Waals surface area contributed by atoms with Crippen LogP contribution in [0.3, 0.4) is 0 Å². The van der Waals surface area contributed by atoms with Crippen LogP contribution in [0.4, 0.5) is 15.8 Å². The Kier molecular flexibility index (Phi) is 8.29. The van der Waals surface area contributed by atoms with Crippen molar-refractivity contribution in [1.29, 1.82) is 0 Å². The zero-order chi connectivity index (χ0) is 26.4. The van der Waals surface area contributed by atoms with E-state index in [1.54, 1.807) is 42.3 Å². The Labute approximate surface area is 213 Å². The van der Waals surface area contributed by atoms with Crippen LogP contribution in [0.5, 0.6) is 5.88 Å². The van der Waals surface area contributed by atoms with Crippen molar-refractivity contribution < 1.29 is 24.5 Å². The van der Waals surface area contributed by atoms with Crippen molar-refractivity contribution in [2.75, 3.05) is 44.8 Å². The standard InChI is InChI=1S/C28H29FN4O4/c1-32(25(36)18-33(13-15-34)14-16-35)22-10-8-21(9-11-22)30-27(19-5-3-2-4-6-19)26-23-12-7-20(29)17-24(23)31-28(26)37/h2-12,17,31,34-35,37H,13-16,18H2,1H3. The number of likely N-dealkylation sites (N-methyl/N-ethyl adjacent to an activating group) is 1. The molecule has 0 spiro atoms. The van der Waals surface area contributed by atoms with Crippen LogP contribution in [0.1, 0.15) is 11.1 Å². The number of H-pyrrole nitrogens is 1. The number of rotatable bonds is 10. The summed E-state index contributed by atoms with van der Waals surface area (Å²) in [6.45, 7) is 0.450. The van der Waals surface area contributed by atoms with Crippen LogP contribution in [0, 0.1) is 5.82 Å². The minimum absolute atomic E-state index is 0.0656. The van der Waals surface area contributed by atoms with Gasteiger partial charge < -0.3 is 25.2 Å². The highest BCUT2D eigenvalue weighted by Gasteiger charge is 2.19. The molecule has 192 valence electrons. The maximum atomic E-state index is 13.8. The van der Waals surface area contributed by atoms with Crippen LogP contribution in [0.2, 0.25) is 0 Å². The number of carbonyl (C=O) groups excluding carboxylic acids is 1. The van der Waals surface area contributed by atoms with E-state index >= 15 is 0 Å². The average molecular weight is 505 g/mol. The molecule has 8 nitrogen and oxygen atoms in total. The molecular weight excluding hydrogens is 475 g/mol. The number of nitrogens with zero attached hydrogens (tertiary/aromatic N) is 3. The van der Waals surface area contributed by atoms with Crippen LogP contribution >= 0.6 is 0 Å². The van der Waals surface area contributed by atoms with E-state index in [9.17, 15) is 24.5 Å². The number of aliphatic hydroxyl groups excluding tert-OH is 2. The number of aromatic nitrogens is 1. The smallest absolute Gasteiger partial charge is 0.240 e. The Morgan fingerprint density at radius 2 is 1.65 bits per heavy atom. The quantitative estimate of drug-likeness (QED) is 0.247. The topological polar surface area (TPSA) is 112 Å². The molecule has 0 saturated carbocycles. The van der Waals surface area contributed by atoms with Crippen molar-refractivity contribution in [2.24, 2.45) is 4.99 Å². The van der Waals surface area contributed by atoms with Crippen molar-refractivity contribution in [3.63, 3.8) is 0 Å². The second-order valence-electron chi connectivity index (χ2n) is 8.56. The predicted octanol–water partition coefficient (Wildman–Crippen LogP) is 3.43. The lowest BCUT2D eigenvalue weighted by molar-refractivity contribution is -0.119. The number of anilines is 1. The first-order valence-electron chi connectivity index (χ1n) is 11.9. The molecule has 1 aromatic heterocycles. The van der Waals surface area contributed by atoms with E-state index in [1.807, 2.05) is 30.3 Å². The second-order valence-corrected chi connectivity index (χ2v) is 8.56. The fourth-order valence-corrected chi connectivity index (χ4v) is 4.13. The van der Waals surface area contributed by atoms with E-state index in [0.717, 1.165) is 5.56 Å². The third kappa shape index (κ3) is 6.03. The zero-order valence-electron chi connectivity index (χ0n) is 20.4. The third-order valence-corrected chi connectivity index (χ3v) is 6.07. The fraction of sp³-hybridized carbons (Fsp3) is 0.214. The van der Waals surface area contributed by atoms with Crippen LogP contribution in [-0.4, -0.2) is 76.7 Å². The number of benzene rings is 3. The van der Waals surface area contributed by atoms with Gasteiger partial charge in [-0.15, -0.1) is 0 Å². The van der Waals surface area contributed by atoms with Crippen LogP contribution in [-0.2, 0) is 4.79 Å². The van der Waals surface area contributed by atoms with Gasteiger partial charge in [-0.05, 0) is 42.5 Å². The predicted molar refractivity (Wildman–Crippen MR) is 142 cm³/mol. The molecule has 4 rings (SSSR count). The number of aromatic hydroxyl groups is 1. The van der Waals surface area contributed by atoms with Gasteiger partial charge in [-0.3, -0.25) is 9.69 Å². The van der Waals surface area contributed by atoms with E-state index in [0.29, 0.717) is 46.6 Å². The summed E-state index contributed by atoms with van der Waals surface area (Å²) in [5.74, 6) is -0.705. The van der Waals surface area contributed by atoms with Crippen molar-refractivity contribution >= 4 is 33.9 Å². The molecule has 0 radical (unpaired) electrons. The van der Waals surface area contributed by atoms with E-state index in [2.05, 4.69) is 4.98 Å². The summed E-state index contributed by atoms with van der Waals surface area (Å²) >= 11 is 0. The van der Waals surface area contributed by atoms with Crippen LogP contribution in [0.25, 0.3) is 10.9 Å². The highest BCUT2D eigenvalue weighted by Crippen LogP contribution is 2.32. The molecule has 0 aliphatic heterocycles. The van der Waals surface area contributed by atoms with Crippen LogP contribution in [0.15, 0.2) is 77.8 Å². The lowest BCUT2D eigenvalue weighted by atomic mass is 10.0. The molecule has 0 atom stereocenters. The molecule has 0 unspecified atom stereocenters. The van der Waals surface area contributed by atoms with Crippen LogP contribution < -0.4 is 4.90 Å². The lowest BCUT2D eigenvalue weighted by Crippen LogP contribution is -2.40. The molecule has 4 aromatic rings. The first-order valence-corrected chi connectivity index (χ1v) is 11.9. The average Bonchev–Trinajstić information content (AvgIpc) is 3.22. The van der Waals surface area contributed by atoms with E-state index in [4.69, 9.17) is 4.99 Å². The maximum Gasteiger partial charge on any atom is 0.240 e. The molecule has 0 saturated heterocycles. The number of aliphatic hydroxyl groups is 2. The van der Waals surface area contributed by atoms with Crippen molar-refractivity contribution in [2.45, 2.75) is 0 Å². The van der Waals surface area contributed by atoms with Gasteiger partial charge in [-0.1, -0.05) is 30.3 Å². The van der Waals surface area contributed by atoms with Gasteiger partial charge in [-0.25, -0.2) is 9.38 Å². The summed E-state index contributed by atoms with van der Waals surface area (Å²) in [6.07, 6.45) is 0. The number of halogens is 1. The minimum atomic E-state index is -0.413.